The standard InChI is InChI=1S/C35H30ClN3O5/c1-43-35(41)16-22-9-12-27-23-5-4-6-24(17-23)28(7-2-3-8-34(40)38-31(27)15-22)32-14-10-25(20-39(32)42)30-18-26(36)11-13-29(30)33-19-37-21-44-33/h4-6,9-15,17-21,28H,2-3,7-8,16H2,1H3,(H,38,40)/t28-/m0/s1. The molecule has 3 heterocycles. The molecule has 6 rings (SSSR count). The number of methoxy groups -OCH3 is 1. The summed E-state index contributed by atoms with van der Waals surface area (Å²) in [5.74, 6) is -0.0620. The predicted octanol–water partition coefficient (Wildman–Crippen LogP) is 7.32. The van der Waals surface area contributed by atoms with E-state index < -0.39 is 0 Å². The van der Waals surface area contributed by atoms with Gasteiger partial charge in [0.1, 0.15) is 0 Å². The molecule has 8 nitrogen and oxygen atoms in total. The molecule has 0 saturated heterocycles. The molecule has 5 aromatic rings. The minimum atomic E-state index is -0.351. The minimum Gasteiger partial charge on any atom is -0.618 e. The number of carbonyl (C=O) groups excluding carboxylic acids is 2. The Bertz CT molecular complexity index is 1840. The van der Waals surface area contributed by atoms with E-state index in [9.17, 15) is 14.8 Å². The first-order valence-corrected chi connectivity index (χ1v) is 14.8. The largest absolute Gasteiger partial charge is 0.618 e. The molecule has 2 bridgehead atoms. The minimum absolute atomic E-state index is 0.0953. The second-order valence-electron chi connectivity index (χ2n) is 10.8. The molecule has 2 aromatic heterocycles. The zero-order valence-corrected chi connectivity index (χ0v) is 24.8. The fourth-order valence-electron chi connectivity index (χ4n) is 5.79. The molecule has 44 heavy (non-hydrogen) atoms. The third-order valence-corrected chi connectivity index (χ3v) is 8.21. The van der Waals surface area contributed by atoms with Gasteiger partial charge in [0.05, 0.1) is 25.6 Å². The van der Waals surface area contributed by atoms with Gasteiger partial charge < -0.3 is 19.7 Å². The van der Waals surface area contributed by atoms with Gasteiger partial charge in [0.2, 0.25) is 5.91 Å². The molecule has 1 aliphatic rings. The summed E-state index contributed by atoms with van der Waals surface area (Å²) >= 11 is 6.35. The van der Waals surface area contributed by atoms with Crippen LogP contribution < -0.4 is 10.0 Å². The highest BCUT2D eigenvalue weighted by atomic mass is 35.5. The van der Waals surface area contributed by atoms with Crippen molar-refractivity contribution >= 4 is 29.2 Å². The van der Waals surface area contributed by atoms with Gasteiger partial charge in [0.25, 0.3) is 0 Å². The van der Waals surface area contributed by atoms with Crippen LogP contribution in [0.25, 0.3) is 33.6 Å². The predicted molar refractivity (Wildman–Crippen MR) is 168 cm³/mol. The first-order valence-electron chi connectivity index (χ1n) is 14.4. The number of carbonyl (C=O) groups is 2. The van der Waals surface area contributed by atoms with Gasteiger partial charge in [0.15, 0.2) is 24.0 Å². The molecule has 0 saturated carbocycles. The molecule has 1 N–H and O–H groups in total. The Kier molecular flexibility index (Phi) is 8.43. The van der Waals surface area contributed by atoms with Gasteiger partial charge in [0, 0.05) is 45.5 Å². The van der Waals surface area contributed by atoms with Gasteiger partial charge in [-0.25, -0.2) is 4.98 Å². The summed E-state index contributed by atoms with van der Waals surface area (Å²) in [5, 5.41) is 17.3. The van der Waals surface area contributed by atoms with E-state index in [0.29, 0.717) is 47.0 Å². The fourth-order valence-corrected chi connectivity index (χ4v) is 5.96. The lowest BCUT2D eigenvalue weighted by Crippen LogP contribution is -2.33. The molecule has 0 aliphatic carbocycles. The summed E-state index contributed by atoms with van der Waals surface area (Å²) in [6.07, 6.45) is 7.14. The van der Waals surface area contributed by atoms with Crippen LogP contribution >= 0.6 is 11.6 Å². The van der Waals surface area contributed by atoms with Crippen LogP contribution in [0.15, 0.2) is 96.0 Å². The summed E-state index contributed by atoms with van der Waals surface area (Å²) in [7, 11) is 1.35. The van der Waals surface area contributed by atoms with Gasteiger partial charge >= 0.3 is 5.97 Å². The van der Waals surface area contributed by atoms with Crippen LogP contribution in [0.5, 0.6) is 0 Å². The molecule has 0 unspecified atom stereocenters. The number of aromatic nitrogens is 2. The highest BCUT2D eigenvalue weighted by Crippen LogP contribution is 2.37. The normalized spacial score (nSPS) is 15.0. The third kappa shape index (κ3) is 6.21. The number of pyridine rings is 1. The van der Waals surface area contributed by atoms with Crippen molar-refractivity contribution in [2.45, 2.75) is 38.0 Å². The van der Waals surface area contributed by atoms with E-state index in [0.717, 1.165) is 44.5 Å². The summed E-state index contributed by atoms with van der Waals surface area (Å²) in [4.78, 5) is 28.8. The number of hydrogen-bond acceptors (Lipinski definition) is 6. The lowest BCUT2D eigenvalue weighted by molar-refractivity contribution is -0.614. The summed E-state index contributed by atoms with van der Waals surface area (Å²) in [6, 6.07) is 22.9. The number of benzene rings is 3. The maximum Gasteiger partial charge on any atom is 0.309 e. The number of fused-ring (bicyclic) bond motifs is 4. The lowest BCUT2D eigenvalue weighted by Gasteiger charge is -2.20. The average molecular weight is 608 g/mol. The number of amides is 1. The molecule has 1 aliphatic heterocycles. The van der Waals surface area contributed by atoms with Crippen molar-refractivity contribution in [3.8, 4) is 33.6 Å². The van der Waals surface area contributed by atoms with E-state index in [2.05, 4.69) is 16.4 Å². The molecule has 222 valence electrons. The maximum absolute atomic E-state index is 13.7. The van der Waals surface area contributed by atoms with Crippen LogP contribution in [0.1, 0.15) is 48.4 Å². The summed E-state index contributed by atoms with van der Waals surface area (Å²) in [6.45, 7) is 0. The first-order chi connectivity index (χ1) is 21.4. The molecular formula is C35H30ClN3O5. The number of hydrogen-bond donors (Lipinski definition) is 1. The van der Waals surface area contributed by atoms with E-state index in [4.69, 9.17) is 20.8 Å². The number of rotatable bonds is 5. The van der Waals surface area contributed by atoms with Crippen LogP contribution in [0.3, 0.4) is 0 Å². The molecule has 1 atom stereocenters. The van der Waals surface area contributed by atoms with Gasteiger partial charge in [-0.15, -0.1) is 0 Å². The zero-order chi connectivity index (χ0) is 30.6. The van der Waals surface area contributed by atoms with E-state index in [-0.39, 0.29) is 24.2 Å². The number of oxazole rings is 1. The second-order valence-corrected chi connectivity index (χ2v) is 11.3. The lowest BCUT2D eigenvalue weighted by atomic mass is 9.87. The number of halogens is 1. The van der Waals surface area contributed by atoms with E-state index in [1.54, 1.807) is 18.5 Å². The van der Waals surface area contributed by atoms with Crippen LogP contribution in [0, 0.1) is 5.21 Å². The highest BCUT2D eigenvalue weighted by Gasteiger charge is 2.25. The SMILES string of the molecule is COC(=O)Cc1ccc2c(c1)NC(=O)CCCC[C@H](c1ccc(-c3cc(Cl)ccc3-c3cnco3)c[n+]1[O-])c1cccc-2c1. The number of ether oxygens (including phenoxy) is 1. The van der Waals surface area contributed by atoms with Crippen LogP contribution in [0.2, 0.25) is 5.02 Å². The Morgan fingerprint density at radius 2 is 1.91 bits per heavy atom. The number of anilines is 1. The topological polar surface area (TPSA) is 108 Å². The van der Waals surface area contributed by atoms with Crippen molar-refractivity contribution in [3.05, 3.63) is 119 Å². The molecule has 9 heteroatoms. The fraction of sp³-hybridized carbons (Fsp3) is 0.200. The van der Waals surface area contributed by atoms with Crippen molar-refractivity contribution < 1.29 is 23.5 Å². The van der Waals surface area contributed by atoms with Crippen molar-refractivity contribution in [2.24, 2.45) is 0 Å². The van der Waals surface area contributed by atoms with E-state index >= 15 is 0 Å². The molecule has 0 spiro atoms. The molecule has 0 radical (unpaired) electrons. The number of nitrogens with zero attached hydrogens (tertiary/aromatic N) is 2. The van der Waals surface area contributed by atoms with E-state index in [1.807, 2.05) is 60.7 Å². The van der Waals surface area contributed by atoms with Crippen molar-refractivity contribution in [1.29, 1.82) is 0 Å². The third-order valence-electron chi connectivity index (χ3n) is 7.97. The zero-order valence-electron chi connectivity index (χ0n) is 24.1. The smallest absolute Gasteiger partial charge is 0.309 e. The van der Waals surface area contributed by atoms with Crippen LogP contribution in [0.4, 0.5) is 5.69 Å². The van der Waals surface area contributed by atoms with Gasteiger partial charge in [-0.05, 0) is 59.9 Å². The van der Waals surface area contributed by atoms with Crippen molar-refractivity contribution in [1.82, 2.24) is 4.98 Å². The molecule has 0 fully saturated rings. The van der Waals surface area contributed by atoms with Gasteiger partial charge in [-0.3, -0.25) is 9.59 Å². The number of esters is 1. The number of nitrogens with one attached hydrogen (secondary N) is 1. The Hall–Kier alpha value is -4.95. The molecular weight excluding hydrogens is 578 g/mol. The van der Waals surface area contributed by atoms with Crippen molar-refractivity contribution in [3.63, 3.8) is 0 Å². The van der Waals surface area contributed by atoms with Crippen molar-refractivity contribution in [2.75, 3.05) is 12.4 Å². The Labute approximate surface area is 259 Å². The Balaban J connectivity index is 1.40. The Morgan fingerprint density at radius 3 is 2.70 bits per heavy atom. The second kappa shape index (κ2) is 12.7. The maximum atomic E-state index is 13.7. The van der Waals surface area contributed by atoms with Gasteiger partial charge in [-0.2, -0.15) is 4.73 Å². The highest BCUT2D eigenvalue weighted by molar-refractivity contribution is 6.31. The van der Waals surface area contributed by atoms with E-state index in [1.165, 1.54) is 13.5 Å². The van der Waals surface area contributed by atoms with Crippen LogP contribution in [-0.2, 0) is 20.7 Å². The first kappa shape index (κ1) is 29.1. The molecule has 3 aromatic carbocycles. The molecule has 1 amide bonds. The summed E-state index contributed by atoms with van der Waals surface area (Å²) in [5.41, 5.74) is 6.98. The quantitative estimate of drug-likeness (QED) is 0.127. The Morgan fingerprint density at radius 1 is 1.05 bits per heavy atom. The monoisotopic (exact) mass is 607 g/mol. The van der Waals surface area contributed by atoms with Crippen LogP contribution in [-0.4, -0.2) is 24.0 Å². The average Bonchev–Trinajstić information content (AvgIpc) is 3.56. The van der Waals surface area contributed by atoms with Gasteiger partial charge in [-0.1, -0.05) is 54.4 Å². The summed E-state index contributed by atoms with van der Waals surface area (Å²) < 4.78 is 11.3.